The Morgan fingerprint density at radius 3 is 2.89 bits per heavy atom. The molecule has 0 N–H and O–H groups in total. The molecular weight excluding hydrogens is 262 g/mol. The summed E-state index contributed by atoms with van der Waals surface area (Å²) in [5.41, 5.74) is 0. The molecule has 1 atom stereocenters. The average molecular weight is 282 g/mol. The molecule has 0 spiro atoms. The number of rotatable bonds is 5. The van der Waals surface area contributed by atoms with Crippen LogP contribution in [0.15, 0.2) is 30.3 Å². The van der Waals surface area contributed by atoms with E-state index >= 15 is 0 Å². The summed E-state index contributed by atoms with van der Waals surface area (Å²) in [7, 11) is 0. The predicted molar refractivity (Wildman–Crippen MR) is 76.6 cm³/mol. The zero-order valence-corrected chi connectivity index (χ0v) is 11.8. The minimum atomic E-state index is 0.172. The van der Waals surface area contributed by atoms with Crippen LogP contribution in [-0.4, -0.2) is 36.4 Å². The zero-order chi connectivity index (χ0) is 13.5. The summed E-state index contributed by atoms with van der Waals surface area (Å²) in [6, 6.07) is 9.58. The first-order valence-corrected chi connectivity index (χ1v) is 7.34. The second kappa shape index (κ2) is 7.39. The van der Waals surface area contributed by atoms with Gasteiger partial charge < -0.3 is 9.64 Å². The van der Waals surface area contributed by atoms with Crippen LogP contribution in [0.4, 0.5) is 0 Å². The summed E-state index contributed by atoms with van der Waals surface area (Å²) in [6.07, 6.45) is 2.63. The highest BCUT2D eigenvalue weighted by Crippen LogP contribution is 2.18. The number of nitrogens with zero attached hydrogens (tertiary/aromatic N) is 1. The molecule has 0 bridgehead atoms. The number of alkyl halides is 1. The first-order chi connectivity index (χ1) is 9.29. The van der Waals surface area contributed by atoms with E-state index in [1.54, 1.807) is 0 Å². The van der Waals surface area contributed by atoms with Crippen LogP contribution in [0.1, 0.15) is 19.3 Å². The van der Waals surface area contributed by atoms with Gasteiger partial charge in [0, 0.05) is 19.0 Å². The molecule has 104 valence electrons. The van der Waals surface area contributed by atoms with Gasteiger partial charge in [0.25, 0.3) is 0 Å². The summed E-state index contributed by atoms with van der Waals surface area (Å²) in [4.78, 5) is 14.0. The van der Waals surface area contributed by atoms with Crippen LogP contribution in [0.2, 0.25) is 0 Å². The number of carbonyl (C=O) groups is 1. The van der Waals surface area contributed by atoms with Gasteiger partial charge in [0.15, 0.2) is 0 Å². The van der Waals surface area contributed by atoms with E-state index in [0.717, 1.165) is 31.7 Å². The first kappa shape index (κ1) is 14.2. The van der Waals surface area contributed by atoms with Crippen molar-refractivity contribution in [3.8, 4) is 5.75 Å². The molecule has 1 amide bonds. The van der Waals surface area contributed by atoms with E-state index in [1.807, 2.05) is 35.2 Å². The van der Waals surface area contributed by atoms with Gasteiger partial charge in [-0.05, 0) is 30.9 Å². The van der Waals surface area contributed by atoms with Crippen LogP contribution in [0.3, 0.4) is 0 Å². The molecule has 1 aliphatic rings. The van der Waals surface area contributed by atoms with Crippen LogP contribution in [-0.2, 0) is 4.79 Å². The van der Waals surface area contributed by atoms with Crippen LogP contribution in [0, 0.1) is 5.92 Å². The Morgan fingerprint density at radius 1 is 1.37 bits per heavy atom. The van der Waals surface area contributed by atoms with E-state index < -0.39 is 0 Å². The maximum Gasteiger partial charge on any atom is 0.226 e. The van der Waals surface area contributed by atoms with E-state index in [1.165, 1.54) is 0 Å². The van der Waals surface area contributed by atoms with Gasteiger partial charge in [-0.25, -0.2) is 0 Å². The van der Waals surface area contributed by atoms with Gasteiger partial charge in [-0.3, -0.25) is 4.79 Å². The molecule has 0 aromatic heterocycles. The Morgan fingerprint density at radius 2 is 2.16 bits per heavy atom. The Balaban J connectivity index is 1.72. The number of para-hydroxylation sites is 1. The van der Waals surface area contributed by atoms with Gasteiger partial charge in [-0.1, -0.05) is 18.2 Å². The van der Waals surface area contributed by atoms with Crippen molar-refractivity contribution in [2.75, 3.05) is 25.6 Å². The van der Waals surface area contributed by atoms with E-state index in [4.69, 9.17) is 16.3 Å². The molecule has 3 nitrogen and oxygen atoms in total. The SMILES string of the molecule is O=C(CCOc1ccccc1)N1CCCC(CCl)C1. The second-order valence-electron chi connectivity index (χ2n) is 4.91. The van der Waals surface area contributed by atoms with Gasteiger partial charge >= 0.3 is 0 Å². The number of ether oxygens (including phenoxy) is 1. The van der Waals surface area contributed by atoms with Gasteiger partial charge in [0.05, 0.1) is 13.0 Å². The van der Waals surface area contributed by atoms with Crippen molar-refractivity contribution in [3.63, 3.8) is 0 Å². The second-order valence-corrected chi connectivity index (χ2v) is 5.22. The predicted octanol–water partition coefficient (Wildman–Crippen LogP) is 2.93. The molecule has 2 rings (SSSR count). The van der Waals surface area contributed by atoms with Crippen LogP contribution in [0.5, 0.6) is 5.75 Å². The van der Waals surface area contributed by atoms with E-state index in [0.29, 0.717) is 24.8 Å². The molecule has 0 saturated carbocycles. The van der Waals surface area contributed by atoms with Gasteiger partial charge in [0.1, 0.15) is 5.75 Å². The van der Waals surface area contributed by atoms with Crippen molar-refractivity contribution in [3.05, 3.63) is 30.3 Å². The van der Waals surface area contributed by atoms with E-state index in [-0.39, 0.29) is 5.91 Å². The minimum absolute atomic E-state index is 0.172. The maximum atomic E-state index is 12.1. The first-order valence-electron chi connectivity index (χ1n) is 6.81. The molecule has 0 radical (unpaired) electrons. The number of likely N-dealkylation sites (tertiary alicyclic amines) is 1. The fourth-order valence-corrected chi connectivity index (χ4v) is 2.60. The average Bonchev–Trinajstić information content (AvgIpc) is 2.48. The van der Waals surface area contributed by atoms with Crippen molar-refractivity contribution in [2.24, 2.45) is 5.92 Å². The number of halogens is 1. The summed E-state index contributed by atoms with van der Waals surface area (Å²) in [6.45, 7) is 2.09. The van der Waals surface area contributed by atoms with Crippen molar-refractivity contribution in [2.45, 2.75) is 19.3 Å². The molecule has 1 fully saturated rings. The smallest absolute Gasteiger partial charge is 0.226 e. The van der Waals surface area contributed by atoms with Crippen LogP contribution < -0.4 is 4.74 Å². The fourth-order valence-electron chi connectivity index (χ4n) is 2.35. The third kappa shape index (κ3) is 4.43. The van der Waals surface area contributed by atoms with Crippen molar-refractivity contribution >= 4 is 17.5 Å². The van der Waals surface area contributed by atoms with Crippen molar-refractivity contribution in [1.82, 2.24) is 4.90 Å². The van der Waals surface area contributed by atoms with E-state index in [2.05, 4.69) is 0 Å². The summed E-state index contributed by atoms with van der Waals surface area (Å²) in [5, 5.41) is 0. The fraction of sp³-hybridized carbons (Fsp3) is 0.533. The normalized spacial score (nSPS) is 19.2. The number of piperidine rings is 1. The topological polar surface area (TPSA) is 29.5 Å². The summed E-state index contributed by atoms with van der Waals surface area (Å²) < 4.78 is 5.55. The molecular formula is C15H20ClNO2. The third-order valence-electron chi connectivity index (χ3n) is 3.42. The molecule has 0 aliphatic carbocycles. The van der Waals surface area contributed by atoms with Crippen molar-refractivity contribution < 1.29 is 9.53 Å². The third-order valence-corrected chi connectivity index (χ3v) is 3.85. The molecule has 4 heteroatoms. The highest BCUT2D eigenvalue weighted by molar-refractivity contribution is 6.18. The van der Waals surface area contributed by atoms with Crippen molar-refractivity contribution in [1.29, 1.82) is 0 Å². The number of hydrogen-bond acceptors (Lipinski definition) is 2. The molecule has 1 unspecified atom stereocenters. The standard InChI is InChI=1S/C15H20ClNO2/c16-11-13-5-4-9-17(12-13)15(18)8-10-19-14-6-2-1-3-7-14/h1-3,6-7,13H,4-5,8-12H2. The molecule has 1 saturated heterocycles. The Bertz CT molecular complexity index is 396. The van der Waals surface area contributed by atoms with Gasteiger partial charge in [0.2, 0.25) is 5.91 Å². The highest BCUT2D eigenvalue weighted by Gasteiger charge is 2.22. The lowest BCUT2D eigenvalue weighted by Gasteiger charge is -2.31. The molecule has 1 aromatic carbocycles. The zero-order valence-electron chi connectivity index (χ0n) is 11.1. The van der Waals surface area contributed by atoms with Crippen LogP contribution >= 0.6 is 11.6 Å². The monoisotopic (exact) mass is 281 g/mol. The lowest BCUT2D eigenvalue weighted by atomic mass is 10.00. The lowest BCUT2D eigenvalue weighted by molar-refractivity contribution is -0.133. The number of amides is 1. The van der Waals surface area contributed by atoms with E-state index in [9.17, 15) is 4.79 Å². The maximum absolute atomic E-state index is 12.1. The lowest BCUT2D eigenvalue weighted by Crippen LogP contribution is -2.40. The number of hydrogen-bond donors (Lipinski definition) is 0. The molecule has 1 heterocycles. The Kier molecular flexibility index (Phi) is 5.52. The van der Waals surface area contributed by atoms with Gasteiger partial charge in [-0.15, -0.1) is 11.6 Å². The Labute approximate surface area is 119 Å². The summed E-state index contributed by atoms with van der Waals surface area (Å²) >= 11 is 5.87. The largest absolute Gasteiger partial charge is 0.493 e. The molecule has 19 heavy (non-hydrogen) atoms. The molecule has 1 aromatic rings. The highest BCUT2D eigenvalue weighted by atomic mass is 35.5. The summed E-state index contributed by atoms with van der Waals surface area (Å²) in [5.74, 6) is 2.08. The van der Waals surface area contributed by atoms with Crippen LogP contribution in [0.25, 0.3) is 0 Å². The number of benzene rings is 1. The minimum Gasteiger partial charge on any atom is -0.493 e. The molecule has 1 aliphatic heterocycles. The quantitative estimate of drug-likeness (QED) is 0.777. The Hall–Kier alpha value is -1.22. The van der Waals surface area contributed by atoms with Gasteiger partial charge in [-0.2, -0.15) is 0 Å². The number of carbonyl (C=O) groups excluding carboxylic acids is 1.